The minimum absolute atomic E-state index is 0.0666. The second kappa shape index (κ2) is 11.6. The molecule has 2 aliphatic heterocycles. The summed E-state index contributed by atoms with van der Waals surface area (Å²) in [4.78, 5) is 23.7. The summed E-state index contributed by atoms with van der Waals surface area (Å²) in [6.07, 6.45) is 7.36. The molecule has 2 aromatic carbocycles. The molecular formula is C28H32N4O5S2. The highest BCUT2D eigenvalue weighted by atomic mass is 32.2. The molecular weight excluding hydrogens is 536 g/mol. The number of carbonyl (C=O) groups is 1. The number of carboxylic acid groups (broad SMARTS) is 1. The van der Waals surface area contributed by atoms with Gasteiger partial charge >= 0.3 is 5.97 Å². The van der Waals surface area contributed by atoms with Crippen LogP contribution >= 0.6 is 11.8 Å². The van der Waals surface area contributed by atoms with Crippen LogP contribution in [-0.2, 0) is 21.5 Å². The van der Waals surface area contributed by atoms with Crippen LogP contribution in [0.3, 0.4) is 0 Å². The molecule has 206 valence electrons. The second-order valence-corrected chi connectivity index (χ2v) is 12.9. The van der Waals surface area contributed by atoms with E-state index in [0.29, 0.717) is 24.2 Å². The maximum Gasteiger partial charge on any atom is 0.303 e. The van der Waals surface area contributed by atoms with Crippen LogP contribution in [0.4, 0.5) is 11.5 Å². The molecule has 2 unspecified atom stereocenters. The number of nitrogens with one attached hydrogen (secondary N) is 1. The first-order valence-corrected chi connectivity index (χ1v) is 15.3. The number of aryl methyl sites for hydroxylation is 1. The van der Waals surface area contributed by atoms with Crippen LogP contribution in [0.2, 0.25) is 0 Å². The fourth-order valence-corrected chi connectivity index (χ4v) is 7.22. The Kier molecular flexibility index (Phi) is 8.22. The largest absolute Gasteiger partial charge is 0.481 e. The zero-order chi connectivity index (χ0) is 27.6. The van der Waals surface area contributed by atoms with Crippen LogP contribution < -0.4 is 5.32 Å². The number of nitrogens with zero attached hydrogens (tertiary/aromatic N) is 3. The molecule has 0 amide bonds. The lowest BCUT2D eigenvalue weighted by molar-refractivity contribution is -0.140. The quantitative estimate of drug-likeness (QED) is 0.274. The van der Waals surface area contributed by atoms with Gasteiger partial charge in [-0.05, 0) is 67.3 Å². The molecule has 1 saturated carbocycles. The molecule has 1 saturated heterocycles. The maximum absolute atomic E-state index is 11.3. The van der Waals surface area contributed by atoms with E-state index in [4.69, 9.17) is 4.55 Å². The van der Waals surface area contributed by atoms with Crippen LogP contribution in [-0.4, -0.2) is 52.0 Å². The Labute approximate surface area is 232 Å². The molecule has 11 heteroatoms. The number of hydrogen-bond acceptors (Lipinski definition) is 8. The van der Waals surface area contributed by atoms with Crippen molar-refractivity contribution in [2.24, 2.45) is 17.8 Å². The number of fused-ring (bicyclic) bond motifs is 4. The number of piperidine rings is 1. The van der Waals surface area contributed by atoms with Gasteiger partial charge in [-0.1, -0.05) is 41.9 Å². The summed E-state index contributed by atoms with van der Waals surface area (Å²) >= 11 is 1.65. The van der Waals surface area contributed by atoms with Crippen LogP contribution in [0.5, 0.6) is 0 Å². The van der Waals surface area contributed by atoms with Crippen LogP contribution in [0.1, 0.15) is 36.8 Å². The summed E-state index contributed by atoms with van der Waals surface area (Å²) in [6.45, 7) is 4.79. The van der Waals surface area contributed by atoms with Gasteiger partial charge in [0, 0.05) is 43.3 Å². The normalized spacial score (nSPS) is 21.9. The molecule has 3 N–H and O–H groups in total. The standard InChI is InChI=1S/C21H24N4O2S.C7H8O3S/c26-19(27)9-16-14-2-1-3-15(16)12-25(11-14)10-13-4-5-18-17(8-13)24-20-21(28-18)23-7-6-22-20;1-6-2-4-7(5-3-6)11(8,9)10/h4-8,14-16H,1-3,9-12H2,(H,22,24)(H,26,27);2-5H,1H3,(H,8,9,10). The van der Waals surface area contributed by atoms with E-state index in [-0.39, 0.29) is 4.90 Å². The molecule has 2 atom stereocenters. The van der Waals surface area contributed by atoms with Crippen molar-refractivity contribution in [2.75, 3.05) is 18.4 Å². The van der Waals surface area contributed by atoms with Gasteiger partial charge in [0.1, 0.15) is 5.03 Å². The summed E-state index contributed by atoms with van der Waals surface area (Å²) in [7, 11) is -4.02. The van der Waals surface area contributed by atoms with E-state index in [1.54, 1.807) is 36.3 Å². The fraction of sp³-hybridized carbons (Fsp3) is 0.393. The van der Waals surface area contributed by atoms with Crippen molar-refractivity contribution < 1.29 is 22.9 Å². The van der Waals surface area contributed by atoms with Crippen molar-refractivity contribution in [1.29, 1.82) is 0 Å². The molecule has 6 rings (SSSR count). The van der Waals surface area contributed by atoms with Crippen molar-refractivity contribution in [3.8, 4) is 0 Å². The van der Waals surface area contributed by atoms with Crippen LogP contribution in [0.25, 0.3) is 0 Å². The van der Waals surface area contributed by atoms with Crippen molar-refractivity contribution >= 4 is 39.4 Å². The lowest BCUT2D eigenvalue weighted by Crippen LogP contribution is -2.48. The number of carboxylic acids is 1. The highest BCUT2D eigenvalue weighted by Gasteiger charge is 2.40. The Morgan fingerprint density at radius 1 is 1.08 bits per heavy atom. The first-order chi connectivity index (χ1) is 18.7. The Morgan fingerprint density at radius 2 is 1.77 bits per heavy atom. The van der Waals surface area contributed by atoms with Crippen molar-refractivity contribution in [3.63, 3.8) is 0 Å². The summed E-state index contributed by atoms with van der Waals surface area (Å²) in [5, 5.41) is 13.6. The minimum Gasteiger partial charge on any atom is -0.481 e. The highest BCUT2D eigenvalue weighted by Crippen LogP contribution is 2.44. The van der Waals surface area contributed by atoms with Gasteiger partial charge in [0.05, 0.1) is 10.6 Å². The molecule has 0 radical (unpaired) electrons. The molecule has 2 fully saturated rings. The third kappa shape index (κ3) is 6.78. The average Bonchev–Trinajstić information content (AvgIpc) is 2.88. The molecule has 2 bridgehead atoms. The van der Waals surface area contributed by atoms with E-state index < -0.39 is 16.1 Å². The van der Waals surface area contributed by atoms with E-state index in [1.807, 2.05) is 6.92 Å². The molecule has 0 spiro atoms. The van der Waals surface area contributed by atoms with Gasteiger partial charge in [-0.25, -0.2) is 9.97 Å². The fourth-order valence-electron chi connectivity index (χ4n) is 5.86. The van der Waals surface area contributed by atoms with Crippen LogP contribution in [0.15, 0.2) is 69.7 Å². The molecule has 3 aromatic rings. The smallest absolute Gasteiger partial charge is 0.303 e. The van der Waals surface area contributed by atoms with Crippen LogP contribution in [0, 0.1) is 24.7 Å². The SMILES string of the molecule is Cc1ccc(S(=O)(=O)O)cc1.O=C(O)CC1C2CCCC1CN(Cc1ccc3c(c1)Nc1nccnc1S3)C2. The zero-order valence-corrected chi connectivity index (χ0v) is 23.3. The Balaban J connectivity index is 0.000000237. The van der Waals surface area contributed by atoms with E-state index in [0.717, 1.165) is 41.7 Å². The van der Waals surface area contributed by atoms with E-state index in [2.05, 4.69) is 38.4 Å². The van der Waals surface area contributed by atoms with E-state index in [1.165, 1.54) is 41.9 Å². The summed E-state index contributed by atoms with van der Waals surface area (Å²) < 4.78 is 29.6. The number of rotatable bonds is 5. The van der Waals surface area contributed by atoms with Gasteiger partial charge in [-0.15, -0.1) is 0 Å². The van der Waals surface area contributed by atoms with Gasteiger partial charge < -0.3 is 10.4 Å². The summed E-state index contributed by atoms with van der Waals surface area (Å²) in [6, 6.07) is 12.6. The van der Waals surface area contributed by atoms with Crippen molar-refractivity contribution in [3.05, 3.63) is 66.0 Å². The van der Waals surface area contributed by atoms with Gasteiger partial charge in [0.2, 0.25) is 0 Å². The molecule has 3 aliphatic rings. The maximum atomic E-state index is 11.3. The molecule has 9 nitrogen and oxygen atoms in total. The first-order valence-electron chi connectivity index (χ1n) is 13.0. The Hall–Kier alpha value is -2.99. The van der Waals surface area contributed by atoms with Gasteiger partial charge in [0.15, 0.2) is 5.82 Å². The molecule has 1 aromatic heterocycles. The number of likely N-dealkylation sites (tertiary alicyclic amines) is 1. The number of aliphatic carboxylic acids is 1. The Bertz CT molecular complexity index is 1430. The van der Waals surface area contributed by atoms with Crippen molar-refractivity contribution in [2.45, 2.75) is 54.0 Å². The topological polar surface area (TPSA) is 133 Å². The Morgan fingerprint density at radius 3 is 2.44 bits per heavy atom. The van der Waals surface area contributed by atoms with E-state index in [9.17, 15) is 18.3 Å². The third-order valence-electron chi connectivity index (χ3n) is 7.65. The highest BCUT2D eigenvalue weighted by molar-refractivity contribution is 7.99. The lowest BCUT2D eigenvalue weighted by Gasteiger charge is -2.47. The average molecular weight is 569 g/mol. The van der Waals surface area contributed by atoms with E-state index >= 15 is 0 Å². The monoisotopic (exact) mass is 568 g/mol. The zero-order valence-electron chi connectivity index (χ0n) is 21.7. The number of aromatic nitrogens is 2. The number of benzene rings is 2. The van der Waals surface area contributed by atoms with Gasteiger partial charge in [-0.3, -0.25) is 14.2 Å². The molecule has 3 heterocycles. The van der Waals surface area contributed by atoms with Gasteiger partial charge in [0.25, 0.3) is 10.1 Å². The summed E-state index contributed by atoms with van der Waals surface area (Å²) in [5.41, 5.74) is 3.34. The number of anilines is 2. The second-order valence-electron chi connectivity index (χ2n) is 10.5. The van der Waals surface area contributed by atoms with Gasteiger partial charge in [-0.2, -0.15) is 8.42 Å². The molecule has 1 aliphatic carbocycles. The van der Waals surface area contributed by atoms with Crippen molar-refractivity contribution in [1.82, 2.24) is 14.9 Å². The first kappa shape index (κ1) is 27.6. The lowest BCUT2D eigenvalue weighted by atomic mass is 9.67. The predicted molar refractivity (Wildman–Crippen MR) is 149 cm³/mol. The minimum atomic E-state index is -4.02. The third-order valence-corrected chi connectivity index (χ3v) is 9.59. The number of hydrogen-bond donors (Lipinski definition) is 3. The summed E-state index contributed by atoms with van der Waals surface area (Å²) in [5.74, 6) is 1.59. The molecule has 39 heavy (non-hydrogen) atoms. The predicted octanol–water partition coefficient (Wildman–Crippen LogP) is 5.25.